The number of hydrogen-bond acceptors (Lipinski definition) is 1. The summed E-state index contributed by atoms with van der Waals surface area (Å²) in [5, 5.41) is 0. The number of halogens is 3. The van der Waals surface area contributed by atoms with Crippen LogP contribution in [-0.4, -0.2) is 11.6 Å². The van der Waals surface area contributed by atoms with Crippen molar-refractivity contribution in [2.24, 2.45) is 4.99 Å². The molecule has 5 heteroatoms. The van der Waals surface area contributed by atoms with E-state index in [-0.39, 0.29) is 5.49 Å². The van der Waals surface area contributed by atoms with E-state index in [0.717, 1.165) is 12.1 Å². The second-order valence-corrected chi connectivity index (χ2v) is 2.58. The van der Waals surface area contributed by atoms with Gasteiger partial charge in [0.15, 0.2) is 0 Å². The van der Waals surface area contributed by atoms with Crippen LogP contribution in [0.3, 0.4) is 0 Å². The average Bonchev–Trinajstić information content (AvgIpc) is 2.15. The first-order chi connectivity index (χ1) is 6.49. The molecular weight excluding hydrogens is 193 g/mol. The van der Waals surface area contributed by atoms with Gasteiger partial charge in [-0.2, -0.15) is 13.2 Å². The lowest BCUT2D eigenvalue weighted by molar-refractivity contribution is -0.137. The molecule has 0 bridgehead atoms. The van der Waals surface area contributed by atoms with Crippen molar-refractivity contribution >= 4 is 6.20 Å². The van der Waals surface area contributed by atoms with Gasteiger partial charge in [0.05, 0.1) is 5.56 Å². The zero-order valence-corrected chi connectivity index (χ0v) is 7.54. The maximum Gasteiger partial charge on any atom is 0.416 e. The molecule has 0 N–H and O–H groups in total. The number of nitrogens with zero attached hydrogens (tertiary/aromatic N) is 2. The highest BCUT2D eigenvalue weighted by Gasteiger charge is 2.30. The quantitative estimate of drug-likeness (QED) is 0.663. The third-order valence-electron chi connectivity index (χ3n) is 1.72. The summed E-state index contributed by atoms with van der Waals surface area (Å²) in [5.74, 6) is 0. The Morgan fingerprint density at radius 2 is 2.14 bits per heavy atom. The molecule has 0 spiro atoms. The van der Waals surface area contributed by atoms with Crippen molar-refractivity contribution in [3.8, 4) is 0 Å². The van der Waals surface area contributed by atoms with Crippen LogP contribution in [0.15, 0.2) is 29.9 Å². The lowest BCUT2D eigenvalue weighted by Gasteiger charge is -2.07. The Labute approximate surface area is 79.0 Å². The molecule has 1 rings (SSSR count). The van der Waals surface area contributed by atoms with Crippen LogP contribution in [0.1, 0.15) is 5.56 Å². The molecule has 0 aromatic carbocycles. The first-order valence-electron chi connectivity index (χ1n) is 3.84. The fourth-order valence-corrected chi connectivity index (χ4v) is 1.01. The minimum absolute atomic E-state index is 0.217. The van der Waals surface area contributed by atoms with Crippen molar-refractivity contribution in [3.05, 3.63) is 36.0 Å². The van der Waals surface area contributed by atoms with Gasteiger partial charge in [0.1, 0.15) is 5.49 Å². The summed E-state index contributed by atoms with van der Waals surface area (Å²) >= 11 is 0. The predicted octanol–water partition coefficient (Wildman–Crippen LogP) is 2.14. The summed E-state index contributed by atoms with van der Waals surface area (Å²) in [6.07, 6.45) is -1.67. The van der Waals surface area contributed by atoms with Crippen LogP contribution in [0.4, 0.5) is 13.2 Å². The summed E-state index contributed by atoms with van der Waals surface area (Å²) in [6, 6.07) is 1.96. The molecule has 0 unspecified atom stereocenters. The molecule has 14 heavy (non-hydrogen) atoms. The van der Waals surface area contributed by atoms with Crippen LogP contribution in [0, 0.1) is 0 Å². The molecule has 0 fully saturated rings. The Kier molecular flexibility index (Phi) is 2.78. The minimum atomic E-state index is -4.33. The first kappa shape index (κ1) is 10.6. The topological polar surface area (TPSA) is 17.3 Å². The van der Waals surface area contributed by atoms with E-state index in [1.807, 2.05) is 0 Å². The van der Waals surface area contributed by atoms with Gasteiger partial charge in [-0.25, -0.2) is 0 Å². The standard InChI is InChI=1S/C9H9F3N2/c1-3-14-5-4-7(9(10,11)12)6-8(14)13-2/h3-6H,1H2,2H3/b13-8-. The highest BCUT2D eigenvalue weighted by Crippen LogP contribution is 2.27. The zero-order valence-electron chi connectivity index (χ0n) is 7.54. The van der Waals surface area contributed by atoms with Crippen molar-refractivity contribution in [1.29, 1.82) is 0 Å². The third kappa shape index (κ3) is 2.04. The Morgan fingerprint density at radius 1 is 1.50 bits per heavy atom. The van der Waals surface area contributed by atoms with E-state index in [1.54, 1.807) is 0 Å². The van der Waals surface area contributed by atoms with Crippen molar-refractivity contribution < 1.29 is 13.2 Å². The molecule has 0 aliphatic heterocycles. The highest BCUT2D eigenvalue weighted by atomic mass is 19.4. The first-order valence-corrected chi connectivity index (χ1v) is 3.84. The number of aromatic nitrogens is 1. The van der Waals surface area contributed by atoms with Gasteiger partial charge in [0, 0.05) is 19.4 Å². The largest absolute Gasteiger partial charge is 0.416 e. The normalized spacial score (nSPS) is 13.0. The van der Waals surface area contributed by atoms with E-state index in [0.29, 0.717) is 0 Å². The molecule has 0 saturated carbocycles. The van der Waals surface area contributed by atoms with Gasteiger partial charge in [-0.15, -0.1) is 0 Å². The molecule has 1 aromatic rings. The Morgan fingerprint density at radius 3 is 2.57 bits per heavy atom. The van der Waals surface area contributed by atoms with Gasteiger partial charge < -0.3 is 4.57 Å². The lowest BCUT2D eigenvalue weighted by Crippen LogP contribution is -2.19. The van der Waals surface area contributed by atoms with Crippen LogP contribution in [0.5, 0.6) is 0 Å². The number of alkyl halides is 3. The Balaban J connectivity index is 3.36. The van der Waals surface area contributed by atoms with Crippen molar-refractivity contribution in [3.63, 3.8) is 0 Å². The average molecular weight is 202 g/mol. The molecule has 0 amide bonds. The molecular formula is C9H9F3N2. The van der Waals surface area contributed by atoms with E-state index < -0.39 is 11.7 Å². The molecule has 0 atom stereocenters. The fraction of sp³-hybridized carbons (Fsp3) is 0.222. The van der Waals surface area contributed by atoms with Crippen LogP contribution in [0.25, 0.3) is 6.20 Å². The summed E-state index contributed by atoms with van der Waals surface area (Å²) in [5.41, 5.74) is -0.494. The van der Waals surface area contributed by atoms with Gasteiger partial charge >= 0.3 is 6.18 Å². The molecule has 0 radical (unpaired) electrons. The van der Waals surface area contributed by atoms with E-state index >= 15 is 0 Å². The molecule has 1 aromatic heterocycles. The van der Waals surface area contributed by atoms with Gasteiger partial charge in [-0.3, -0.25) is 4.99 Å². The van der Waals surface area contributed by atoms with Crippen molar-refractivity contribution in [2.75, 3.05) is 7.05 Å². The van der Waals surface area contributed by atoms with Gasteiger partial charge in [-0.05, 0) is 12.1 Å². The molecule has 0 saturated heterocycles. The smallest absolute Gasteiger partial charge is 0.310 e. The van der Waals surface area contributed by atoms with Crippen LogP contribution in [0.2, 0.25) is 0 Å². The minimum Gasteiger partial charge on any atom is -0.310 e. The Bertz CT molecular complexity index is 401. The summed E-state index contributed by atoms with van der Waals surface area (Å²) in [6.45, 7) is 3.45. The molecule has 0 aliphatic carbocycles. The van der Waals surface area contributed by atoms with E-state index in [4.69, 9.17) is 0 Å². The molecule has 1 heterocycles. The lowest BCUT2D eigenvalue weighted by atomic mass is 10.2. The second kappa shape index (κ2) is 3.69. The van der Waals surface area contributed by atoms with Crippen molar-refractivity contribution in [2.45, 2.75) is 6.18 Å². The van der Waals surface area contributed by atoms with Gasteiger partial charge in [0.2, 0.25) is 0 Å². The SMILES string of the molecule is C=Cn1ccc(C(F)(F)F)c/c1=N/C. The predicted molar refractivity (Wildman–Crippen MR) is 47.3 cm³/mol. The van der Waals surface area contributed by atoms with E-state index in [9.17, 15) is 13.2 Å². The number of rotatable bonds is 1. The number of pyridine rings is 1. The highest BCUT2D eigenvalue weighted by molar-refractivity contribution is 5.22. The van der Waals surface area contributed by atoms with Crippen LogP contribution < -0.4 is 5.49 Å². The van der Waals surface area contributed by atoms with Gasteiger partial charge in [-0.1, -0.05) is 6.58 Å². The summed E-state index contributed by atoms with van der Waals surface area (Å²) in [4.78, 5) is 3.71. The summed E-state index contributed by atoms with van der Waals surface area (Å²) in [7, 11) is 1.43. The maximum atomic E-state index is 12.3. The van der Waals surface area contributed by atoms with Gasteiger partial charge in [0.25, 0.3) is 0 Å². The maximum absolute atomic E-state index is 12.3. The van der Waals surface area contributed by atoms with Crippen LogP contribution >= 0.6 is 0 Å². The monoisotopic (exact) mass is 202 g/mol. The van der Waals surface area contributed by atoms with E-state index in [2.05, 4.69) is 11.6 Å². The van der Waals surface area contributed by atoms with Crippen molar-refractivity contribution in [1.82, 2.24) is 4.57 Å². The third-order valence-corrected chi connectivity index (χ3v) is 1.72. The zero-order chi connectivity index (χ0) is 10.8. The molecule has 76 valence electrons. The summed E-state index contributed by atoms with van der Waals surface area (Å²) < 4.78 is 38.2. The van der Waals surface area contributed by atoms with E-state index in [1.165, 1.54) is 24.0 Å². The second-order valence-electron chi connectivity index (χ2n) is 2.58. The molecule has 0 aliphatic rings. The molecule has 2 nitrogen and oxygen atoms in total. The van der Waals surface area contributed by atoms with Crippen LogP contribution in [-0.2, 0) is 6.18 Å². The Hall–Kier alpha value is -1.52. The fourth-order valence-electron chi connectivity index (χ4n) is 1.01. The number of hydrogen-bond donors (Lipinski definition) is 0.